The Morgan fingerprint density at radius 2 is 1.90 bits per heavy atom. The van der Waals surface area contributed by atoms with Gasteiger partial charge in [-0.15, -0.1) is 10.2 Å². The molecule has 17 heteroatoms. The fraction of sp³-hybridized carbons (Fsp3) is 0.235. The highest BCUT2D eigenvalue weighted by Crippen LogP contribution is 2.33. The second kappa shape index (κ2) is 13.2. The van der Waals surface area contributed by atoms with E-state index in [2.05, 4.69) is 41.0 Å². The number of hydrogen-bond donors (Lipinski definition) is 1. The third kappa shape index (κ3) is 6.20. The summed E-state index contributed by atoms with van der Waals surface area (Å²) in [6, 6.07) is 13.6. The molecule has 0 aliphatic carbocycles. The number of pyridine rings is 2. The highest BCUT2D eigenvalue weighted by atomic mass is 35.5. The van der Waals surface area contributed by atoms with E-state index in [1.807, 2.05) is 26.1 Å². The zero-order valence-electron chi connectivity index (χ0n) is 27.5. The largest absolute Gasteiger partial charge is 0.387 e. The molecule has 1 amide bonds. The Morgan fingerprint density at radius 3 is 2.78 bits per heavy atom. The topological polar surface area (TPSA) is 178 Å². The predicted molar refractivity (Wildman–Crippen MR) is 186 cm³/mol. The van der Waals surface area contributed by atoms with E-state index in [0.29, 0.717) is 69.5 Å². The summed E-state index contributed by atoms with van der Waals surface area (Å²) in [5.41, 5.74) is 5.81. The van der Waals surface area contributed by atoms with E-state index in [9.17, 15) is 9.59 Å². The van der Waals surface area contributed by atoms with Crippen molar-refractivity contribution in [1.29, 1.82) is 0 Å². The van der Waals surface area contributed by atoms with Crippen molar-refractivity contribution in [2.75, 3.05) is 5.32 Å². The van der Waals surface area contributed by atoms with Crippen LogP contribution >= 0.6 is 11.6 Å². The number of halogens is 1. The van der Waals surface area contributed by atoms with Gasteiger partial charge in [-0.1, -0.05) is 35.0 Å². The van der Waals surface area contributed by atoms with Crippen molar-refractivity contribution in [2.45, 2.75) is 38.8 Å². The van der Waals surface area contributed by atoms with Crippen molar-refractivity contribution >= 4 is 34.4 Å². The molecule has 0 radical (unpaired) electrons. The molecular weight excluding hydrogens is 674 g/mol. The van der Waals surface area contributed by atoms with Crippen LogP contribution in [0, 0.1) is 5.92 Å². The second-order valence-corrected chi connectivity index (χ2v) is 12.7. The van der Waals surface area contributed by atoms with Gasteiger partial charge in [-0.05, 0) is 60.5 Å². The van der Waals surface area contributed by atoms with Gasteiger partial charge in [0.2, 0.25) is 11.6 Å². The molecule has 2 bridgehead atoms. The molecule has 1 N–H and O–H groups in total. The van der Waals surface area contributed by atoms with Crippen LogP contribution in [0.3, 0.4) is 0 Å². The first-order valence-corrected chi connectivity index (χ1v) is 16.6. The van der Waals surface area contributed by atoms with E-state index in [4.69, 9.17) is 21.4 Å². The molecule has 7 heterocycles. The summed E-state index contributed by atoms with van der Waals surface area (Å²) >= 11 is 6.45. The highest BCUT2D eigenvalue weighted by Gasteiger charge is 2.24. The Kier molecular flexibility index (Phi) is 8.27. The third-order valence-corrected chi connectivity index (χ3v) is 9.10. The Labute approximate surface area is 294 Å². The lowest BCUT2D eigenvalue weighted by atomic mass is 9.97. The third-order valence-electron chi connectivity index (χ3n) is 8.86. The number of nitrogens with one attached hydrogen (secondary N) is 1. The Bertz CT molecular complexity index is 2470. The van der Waals surface area contributed by atoms with Crippen LogP contribution in [0.25, 0.3) is 39.4 Å². The van der Waals surface area contributed by atoms with Crippen molar-refractivity contribution in [1.82, 2.24) is 59.5 Å². The molecule has 256 valence electrons. The number of rotatable bonds is 6. The smallest absolute Gasteiger partial charge is 0.254 e. The second-order valence-electron chi connectivity index (χ2n) is 12.3. The molecular formula is C34H30ClN13O3. The molecule has 7 aromatic rings. The van der Waals surface area contributed by atoms with E-state index in [0.717, 1.165) is 11.3 Å². The summed E-state index contributed by atoms with van der Waals surface area (Å²) < 4.78 is 4.88. The first kappa shape index (κ1) is 31.9. The molecule has 2 atom stereocenters. The normalized spacial score (nSPS) is 16.3. The van der Waals surface area contributed by atoms with Crippen LogP contribution in [-0.4, -0.2) is 65.4 Å². The molecule has 0 saturated carbocycles. The van der Waals surface area contributed by atoms with Gasteiger partial charge in [0.25, 0.3) is 5.56 Å². The maximum absolute atomic E-state index is 14.0. The minimum absolute atomic E-state index is 0.0498. The molecule has 16 nitrogen and oxygen atoms in total. The molecule has 0 spiro atoms. The van der Waals surface area contributed by atoms with Crippen molar-refractivity contribution in [3.8, 4) is 28.2 Å². The standard InChI is InChI=1S/C34H30ClN13O3/c1-20-5-3-7-30(27-13-21(10-12-36-27)32-28(40-34(20)50)16-39-45(32)2)46-19-38-26(15-31(46)49)24-14-22(35)8-9-29(24)47-17-23(41-43-47)18-51-48-33-25(42-44-48)6-4-11-37-33/h4,6,8-17,19-20,30H,3,5,7,18H2,1-2H3,(H,40,50). The van der Waals surface area contributed by atoms with Crippen molar-refractivity contribution < 1.29 is 9.63 Å². The fourth-order valence-electron chi connectivity index (χ4n) is 6.23. The van der Waals surface area contributed by atoms with Gasteiger partial charge >= 0.3 is 0 Å². The number of anilines is 1. The number of aromatic nitrogens is 12. The molecule has 8 rings (SSSR count). The highest BCUT2D eigenvalue weighted by molar-refractivity contribution is 6.31. The van der Waals surface area contributed by atoms with Gasteiger partial charge in [0.15, 0.2) is 6.61 Å². The molecule has 0 saturated heterocycles. The van der Waals surface area contributed by atoms with E-state index >= 15 is 0 Å². The van der Waals surface area contributed by atoms with Gasteiger partial charge in [-0.25, -0.2) is 14.6 Å². The number of amides is 1. The van der Waals surface area contributed by atoms with Gasteiger partial charge in [0, 0.05) is 47.6 Å². The summed E-state index contributed by atoms with van der Waals surface area (Å²) in [4.78, 5) is 47.7. The van der Waals surface area contributed by atoms with E-state index in [-0.39, 0.29) is 24.0 Å². The number of carbonyl (C=O) groups is 1. The molecule has 51 heavy (non-hydrogen) atoms. The number of hydrogen-bond acceptors (Lipinski definition) is 11. The number of nitrogens with zero attached hydrogens (tertiary/aromatic N) is 12. The molecule has 1 aromatic carbocycles. The van der Waals surface area contributed by atoms with Gasteiger partial charge in [0.05, 0.1) is 53.2 Å². The minimum atomic E-state index is -0.431. The maximum Gasteiger partial charge on any atom is 0.254 e. The van der Waals surface area contributed by atoms with Crippen LogP contribution in [0.5, 0.6) is 0 Å². The summed E-state index contributed by atoms with van der Waals surface area (Å²) in [7, 11) is 1.82. The quantitative estimate of drug-likeness (QED) is 0.264. The maximum atomic E-state index is 14.0. The van der Waals surface area contributed by atoms with Crippen LogP contribution in [-0.2, 0) is 18.4 Å². The predicted octanol–water partition coefficient (Wildman–Crippen LogP) is 4.06. The van der Waals surface area contributed by atoms with Crippen molar-refractivity contribution in [3.05, 3.63) is 106 Å². The summed E-state index contributed by atoms with van der Waals surface area (Å²) in [6.07, 6.45) is 10.1. The van der Waals surface area contributed by atoms with E-state index in [1.54, 1.807) is 69.0 Å². The lowest BCUT2D eigenvalue weighted by Gasteiger charge is -2.22. The van der Waals surface area contributed by atoms with Crippen LogP contribution < -0.4 is 15.7 Å². The molecule has 1 aliphatic rings. The lowest BCUT2D eigenvalue weighted by molar-refractivity contribution is -0.119. The van der Waals surface area contributed by atoms with E-state index in [1.165, 1.54) is 17.2 Å². The first-order valence-electron chi connectivity index (χ1n) is 16.2. The average Bonchev–Trinajstić information content (AvgIpc) is 3.87. The van der Waals surface area contributed by atoms with Crippen LogP contribution in [0.2, 0.25) is 5.02 Å². The van der Waals surface area contributed by atoms with Crippen molar-refractivity contribution in [3.63, 3.8) is 0 Å². The van der Waals surface area contributed by atoms with Gasteiger partial charge in [0.1, 0.15) is 11.2 Å². The number of fused-ring (bicyclic) bond motifs is 5. The molecule has 2 unspecified atom stereocenters. The van der Waals surface area contributed by atoms with Gasteiger partial charge in [-0.2, -0.15) is 5.10 Å². The van der Waals surface area contributed by atoms with Crippen LogP contribution in [0.1, 0.15) is 43.6 Å². The Balaban J connectivity index is 1.11. The summed E-state index contributed by atoms with van der Waals surface area (Å²) in [5.74, 6) is -0.324. The SMILES string of the molecule is CC1CCCC(n2cnc(-c3cc(Cl)ccc3-n3cc(COn4nnc5cccnc54)nn3)cc2=O)c2cc(ccn2)-c2c(cnn2C)NC1=O. The minimum Gasteiger partial charge on any atom is -0.387 e. The summed E-state index contributed by atoms with van der Waals surface area (Å²) in [5, 5.41) is 24.5. The van der Waals surface area contributed by atoms with Crippen LogP contribution in [0.4, 0.5) is 5.69 Å². The molecule has 0 fully saturated rings. The fourth-order valence-corrected chi connectivity index (χ4v) is 6.40. The molecule has 6 aromatic heterocycles. The van der Waals surface area contributed by atoms with Crippen molar-refractivity contribution in [2.24, 2.45) is 13.0 Å². The van der Waals surface area contributed by atoms with Gasteiger partial charge < -0.3 is 10.2 Å². The Hall–Kier alpha value is -6.29. The van der Waals surface area contributed by atoms with Crippen LogP contribution in [0.15, 0.2) is 84.4 Å². The molecule has 1 aliphatic heterocycles. The zero-order valence-corrected chi connectivity index (χ0v) is 28.2. The Morgan fingerprint density at radius 1 is 1.00 bits per heavy atom. The average molecular weight is 704 g/mol. The first-order chi connectivity index (χ1) is 24.8. The van der Waals surface area contributed by atoms with Gasteiger partial charge in [-0.3, -0.25) is 23.8 Å². The van der Waals surface area contributed by atoms with E-state index < -0.39 is 6.04 Å². The monoisotopic (exact) mass is 703 g/mol. The lowest BCUT2D eigenvalue weighted by Crippen LogP contribution is -2.27. The number of aryl methyl sites for hydroxylation is 1. The zero-order chi connectivity index (χ0) is 35.1. The number of benzene rings is 1. The summed E-state index contributed by atoms with van der Waals surface area (Å²) in [6.45, 7) is 1.95. The number of carbonyl (C=O) groups excluding carboxylic acids is 1.